The van der Waals surface area contributed by atoms with Gasteiger partial charge in [-0.05, 0) is 6.92 Å². The number of ether oxygens (including phenoxy) is 1. The Kier molecular flexibility index (Phi) is 4.24. The lowest BCUT2D eigenvalue weighted by Crippen LogP contribution is -2.12. The molecule has 7 nitrogen and oxygen atoms in total. The lowest BCUT2D eigenvalue weighted by atomic mass is 10.3. The molecule has 0 aromatic carbocycles. The lowest BCUT2D eigenvalue weighted by molar-refractivity contribution is -0.142. The highest BCUT2D eigenvalue weighted by atomic mass is 32.1. The molecule has 0 radical (unpaired) electrons. The largest absolute Gasteiger partial charge is 0.466 e. The van der Waals surface area contributed by atoms with Gasteiger partial charge in [0.05, 0.1) is 31.2 Å². The number of hydrogen-bond donors (Lipinski definition) is 2. The summed E-state index contributed by atoms with van der Waals surface area (Å²) in [6.45, 7) is 2.08. The maximum Gasteiger partial charge on any atom is 0.311 e. The third kappa shape index (κ3) is 3.62. The molecule has 0 unspecified atom stereocenters. The van der Waals surface area contributed by atoms with E-state index in [1.807, 2.05) is 0 Å². The number of imidazole rings is 1. The van der Waals surface area contributed by atoms with Gasteiger partial charge in [0, 0.05) is 5.38 Å². The van der Waals surface area contributed by atoms with E-state index in [0.717, 1.165) is 0 Å². The van der Waals surface area contributed by atoms with Crippen LogP contribution in [0.2, 0.25) is 0 Å². The average molecular weight is 280 g/mol. The molecule has 19 heavy (non-hydrogen) atoms. The number of anilines is 1. The molecule has 2 rings (SSSR count). The fourth-order valence-corrected chi connectivity index (χ4v) is 2.06. The van der Waals surface area contributed by atoms with Crippen molar-refractivity contribution in [3.63, 3.8) is 0 Å². The predicted octanol–water partition coefficient (Wildman–Crippen LogP) is 1.22. The molecular weight excluding hydrogens is 268 g/mol. The molecule has 0 spiro atoms. The quantitative estimate of drug-likeness (QED) is 0.803. The molecular formula is C11H12N4O3S. The fourth-order valence-electron chi connectivity index (χ4n) is 1.35. The molecule has 0 bridgehead atoms. The molecule has 2 aromatic heterocycles. The van der Waals surface area contributed by atoms with Gasteiger partial charge in [0.15, 0.2) is 5.13 Å². The van der Waals surface area contributed by atoms with Crippen molar-refractivity contribution < 1.29 is 14.3 Å². The molecule has 2 heterocycles. The Morgan fingerprint density at radius 2 is 2.37 bits per heavy atom. The van der Waals surface area contributed by atoms with E-state index >= 15 is 0 Å². The first-order chi connectivity index (χ1) is 9.19. The van der Waals surface area contributed by atoms with Gasteiger partial charge in [0.1, 0.15) is 5.69 Å². The minimum absolute atomic E-state index is 0.101. The summed E-state index contributed by atoms with van der Waals surface area (Å²) < 4.78 is 4.82. The van der Waals surface area contributed by atoms with E-state index in [4.69, 9.17) is 4.74 Å². The van der Waals surface area contributed by atoms with Crippen molar-refractivity contribution in [2.45, 2.75) is 13.3 Å². The highest BCUT2D eigenvalue weighted by Crippen LogP contribution is 2.16. The first-order valence-corrected chi connectivity index (χ1v) is 6.46. The van der Waals surface area contributed by atoms with E-state index in [1.54, 1.807) is 12.3 Å². The number of H-pyrrole nitrogens is 1. The van der Waals surface area contributed by atoms with Gasteiger partial charge in [-0.25, -0.2) is 9.97 Å². The van der Waals surface area contributed by atoms with Crippen LogP contribution in [0.3, 0.4) is 0 Å². The van der Waals surface area contributed by atoms with Crippen LogP contribution in [0.4, 0.5) is 5.13 Å². The van der Waals surface area contributed by atoms with Crippen LogP contribution in [0.15, 0.2) is 17.9 Å². The molecule has 100 valence electrons. The molecule has 0 saturated heterocycles. The third-order valence-corrected chi connectivity index (χ3v) is 2.95. The summed E-state index contributed by atoms with van der Waals surface area (Å²) in [5, 5.41) is 4.75. The normalized spacial score (nSPS) is 10.2. The zero-order chi connectivity index (χ0) is 13.7. The van der Waals surface area contributed by atoms with Gasteiger partial charge in [-0.2, -0.15) is 0 Å². The Hall–Kier alpha value is -2.22. The van der Waals surface area contributed by atoms with Crippen molar-refractivity contribution in [3.05, 3.63) is 29.3 Å². The molecule has 2 aromatic rings. The number of rotatable bonds is 5. The van der Waals surface area contributed by atoms with Gasteiger partial charge < -0.3 is 9.72 Å². The highest BCUT2D eigenvalue weighted by Gasteiger charge is 2.12. The number of esters is 1. The smallest absolute Gasteiger partial charge is 0.311 e. The van der Waals surface area contributed by atoms with Crippen molar-refractivity contribution >= 4 is 28.3 Å². The van der Waals surface area contributed by atoms with E-state index in [1.165, 1.54) is 23.9 Å². The van der Waals surface area contributed by atoms with Crippen LogP contribution in [0.1, 0.15) is 23.1 Å². The zero-order valence-electron chi connectivity index (χ0n) is 10.2. The molecule has 0 saturated carbocycles. The highest BCUT2D eigenvalue weighted by molar-refractivity contribution is 7.14. The molecule has 0 atom stereocenters. The maximum atomic E-state index is 11.7. The predicted molar refractivity (Wildman–Crippen MR) is 69.0 cm³/mol. The first kappa shape index (κ1) is 13.2. The topological polar surface area (TPSA) is 97.0 Å². The number of thiazole rings is 1. The first-order valence-electron chi connectivity index (χ1n) is 5.58. The maximum absolute atomic E-state index is 11.7. The second-order valence-electron chi connectivity index (χ2n) is 3.55. The molecule has 0 aliphatic rings. The number of nitrogens with zero attached hydrogens (tertiary/aromatic N) is 2. The van der Waals surface area contributed by atoms with Crippen molar-refractivity contribution in [1.29, 1.82) is 0 Å². The van der Waals surface area contributed by atoms with Crippen molar-refractivity contribution in [2.24, 2.45) is 0 Å². The summed E-state index contributed by atoms with van der Waals surface area (Å²) in [6, 6.07) is 0. The molecule has 1 amide bonds. The molecule has 0 aliphatic carbocycles. The monoisotopic (exact) mass is 280 g/mol. The Morgan fingerprint density at radius 3 is 3.05 bits per heavy atom. The van der Waals surface area contributed by atoms with E-state index < -0.39 is 0 Å². The van der Waals surface area contributed by atoms with E-state index in [0.29, 0.717) is 23.1 Å². The van der Waals surface area contributed by atoms with Gasteiger partial charge in [-0.3, -0.25) is 14.9 Å². The molecule has 0 aliphatic heterocycles. The summed E-state index contributed by atoms with van der Waals surface area (Å²) in [4.78, 5) is 33.6. The second-order valence-corrected chi connectivity index (χ2v) is 4.40. The minimum atomic E-state index is -0.334. The van der Waals surface area contributed by atoms with Crippen LogP contribution in [0.25, 0.3) is 0 Å². The second kappa shape index (κ2) is 6.10. The Bertz CT molecular complexity index is 564. The Labute approximate surface area is 113 Å². The van der Waals surface area contributed by atoms with Crippen LogP contribution >= 0.6 is 11.3 Å². The van der Waals surface area contributed by atoms with Crippen LogP contribution < -0.4 is 5.32 Å². The third-order valence-electron chi connectivity index (χ3n) is 2.15. The number of nitrogens with one attached hydrogen (secondary N) is 2. The van der Waals surface area contributed by atoms with E-state index in [-0.39, 0.29) is 18.3 Å². The molecule has 8 heteroatoms. The number of aromatic nitrogens is 3. The van der Waals surface area contributed by atoms with Crippen LogP contribution in [0.5, 0.6) is 0 Å². The average Bonchev–Trinajstić information content (AvgIpc) is 3.00. The molecule has 2 N–H and O–H groups in total. The Morgan fingerprint density at radius 1 is 1.53 bits per heavy atom. The van der Waals surface area contributed by atoms with Gasteiger partial charge >= 0.3 is 5.97 Å². The standard InChI is InChI=1S/C11H12N4O3S/c1-2-18-9(16)3-7-5-19-11(14-7)15-10(17)8-4-12-6-13-8/h4-6H,2-3H2,1H3,(H,12,13)(H,14,15,17). The number of carbonyl (C=O) groups is 2. The van der Waals surface area contributed by atoms with E-state index in [9.17, 15) is 9.59 Å². The number of aromatic amines is 1. The Balaban J connectivity index is 1.94. The van der Waals surface area contributed by atoms with Gasteiger partial charge in [0.2, 0.25) is 0 Å². The van der Waals surface area contributed by atoms with Crippen LogP contribution in [0, 0.1) is 0 Å². The van der Waals surface area contributed by atoms with Gasteiger partial charge in [0.25, 0.3) is 5.91 Å². The van der Waals surface area contributed by atoms with Crippen molar-refractivity contribution in [3.8, 4) is 0 Å². The SMILES string of the molecule is CCOC(=O)Cc1csc(NC(=O)c2cnc[nH]2)n1. The number of hydrogen-bond acceptors (Lipinski definition) is 6. The lowest BCUT2D eigenvalue weighted by Gasteiger charge is -1.99. The fraction of sp³-hybridized carbons (Fsp3) is 0.273. The summed E-state index contributed by atoms with van der Waals surface area (Å²) in [6.07, 6.45) is 2.94. The van der Waals surface area contributed by atoms with Crippen LogP contribution in [-0.4, -0.2) is 33.4 Å². The summed E-state index contributed by atoms with van der Waals surface area (Å²) in [5.74, 6) is -0.659. The number of carbonyl (C=O) groups excluding carboxylic acids is 2. The summed E-state index contributed by atoms with van der Waals surface area (Å²) in [5.41, 5.74) is 0.922. The molecule has 0 fully saturated rings. The van der Waals surface area contributed by atoms with E-state index in [2.05, 4.69) is 20.3 Å². The summed E-state index contributed by atoms with van der Waals surface area (Å²) >= 11 is 1.25. The van der Waals surface area contributed by atoms with Crippen LogP contribution in [-0.2, 0) is 16.0 Å². The zero-order valence-corrected chi connectivity index (χ0v) is 11.0. The summed E-state index contributed by atoms with van der Waals surface area (Å²) in [7, 11) is 0. The van der Waals surface area contributed by atoms with Crippen molar-refractivity contribution in [2.75, 3.05) is 11.9 Å². The van der Waals surface area contributed by atoms with Gasteiger partial charge in [-0.1, -0.05) is 0 Å². The minimum Gasteiger partial charge on any atom is -0.466 e. The van der Waals surface area contributed by atoms with Crippen molar-refractivity contribution in [1.82, 2.24) is 15.0 Å². The number of amides is 1. The van der Waals surface area contributed by atoms with Gasteiger partial charge in [-0.15, -0.1) is 11.3 Å².